The maximum atomic E-state index is 10.1. The van der Waals surface area contributed by atoms with E-state index in [0.717, 1.165) is 5.56 Å². The first-order chi connectivity index (χ1) is 9.08. The highest BCUT2D eigenvalue weighted by Gasteiger charge is 2.34. The highest BCUT2D eigenvalue weighted by Crippen LogP contribution is 2.23. The predicted octanol–water partition coefficient (Wildman–Crippen LogP) is 2.07. The van der Waals surface area contributed by atoms with E-state index in [9.17, 15) is 5.11 Å². The third kappa shape index (κ3) is 3.85. The van der Waals surface area contributed by atoms with Crippen LogP contribution in [0.5, 0.6) is 0 Å². The highest BCUT2D eigenvalue weighted by molar-refractivity contribution is 6.31. The summed E-state index contributed by atoms with van der Waals surface area (Å²) in [4.78, 5) is 0. The summed E-state index contributed by atoms with van der Waals surface area (Å²) in [6.07, 6.45) is 0. The SMILES string of the molecule is CC(C)(O)C(C)(C)NCc1ccc(/C(N)=N/O)cc1Cl. The summed E-state index contributed by atoms with van der Waals surface area (Å²) in [5.41, 5.74) is 5.60. The van der Waals surface area contributed by atoms with Gasteiger partial charge in [0.15, 0.2) is 5.84 Å². The smallest absolute Gasteiger partial charge is 0.170 e. The lowest BCUT2D eigenvalue weighted by Crippen LogP contribution is -2.55. The number of amidine groups is 1. The van der Waals surface area contributed by atoms with Crippen molar-refractivity contribution in [2.45, 2.75) is 45.4 Å². The van der Waals surface area contributed by atoms with E-state index in [0.29, 0.717) is 17.1 Å². The lowest BCUT2D eigenvalue weighted by molar-refractivity contribution is -0.00531. The monoisotopic (exact) mass is 299 g/mol. The number of benzene rings is 1. The molecule has 0 spiro atoms. The van der Waals surface area contributed by atoms with Gasteiger partial charge in [0.25, 0.3) is 0 Å². The van der Waals surface area contributed by atoms with Gasteiger partial charge in [0.1, 0.15) is 0 Å². The zero-order valence-electron chi connectivity index (χ0n) is 12.2. The van der Waals surface area contributed by atoms with E-state index in [1.807, 2.05) is 19.9 Å². The molecule has 5 N–H and O–H groups in total. The molecular formula is C14H22ClN3O2. The van der Waals surface area contributed by atoms with Crippen molar-refractivity contribution in [1.82, 2.24) is 5.32 Å². The number of hydrogen-bond acceptors (Lipinski definition) is 4. The van der Waals surface area contributed by atoms with Crippen LogP contribution in [0.1, 0.15) is 38.8 Å². The van der Waals surface area contributed by atoms with Gasteiger partial charge in [-0.1, -0.05) is 28.9 Å². The minimum Gasteiger partial charge on any atom is -0.409 e. The van der Waals surface area contributed by atoms with Crippen molar-refractivity contribution >= 4 is 17.4 Å². The number of aliphatic hydroxyl groups is 1. The van der Waals surface area contributed by atoms with E-state index < -0.39 is 11.1 Å². The molecule has 0 aliphatic rings. The van der Waals surface area contributed by atoms with E-state index in [2.05, 4.69) is 10.5 Å². The van der Waals surface area contributed by atoms with Crippen LogP contribution in [-0.4, -0.2) is 27.3 Å². The maximum Gasteiger partial charge on any atom is 0.170 e. The molecule has 0 saturated carbocycles. The zero-order chi connectivity index (χ0) is 15.6. The van der Waals surface area contributed by atoms with Crippen molar-refractivity contribution in [3.8, 4) is 0 Å². The molecule has 1 aromatic rings. The number of hydrogen-bond donors (Lipinski definition) is 4. The summed E-state index contributed by atoms with van der Waals surface area (Å²) in [7, 11) is 0. The summed E-state index contributed by atoms with van der Waals surface area (Å²) in [5.74, 6) is 0.0169. The third-order valence-corrected chi connectivity index (χ3v) is 4.06. The molecule has 0 aliphatic carbocycles. The third-order valence-electron chi connectivity index (χ3n) is 3.71. The lowest BCUT2D eigenvalue weighted by Gasteiger charge is -2.38. The molecule has 0 atom stereocenters. The summed E-state index contributed by atoms with van der Waals surface area (Å²) in [6.45, 7) is 7.86. The van der Waals surface area contributed by atoms with Crippen LogP contribution in [0, 0.1) is 0 Å². The zero-order valence-corrected chi connectivity index (χ0v) is 13.0. The Kier molecular flexibility index (Phi) is 5.02. The van der Waals surface area contributed by atoms with Gasteiger partial charge in [-0.2, -0.15) is 0 Å². The van der Waals surface area contributed by atoms with Gasteiger partial charge in [-0.25, -0.2) is 0 Å². The molecule has 0 unspecified atom stereocenters. The number of nitrogens with one attached hydrogen (secondary N) is 1. The molecule has 0 heterocycles. The number of nitrogens with two attached hydrogens (primary N) is 1. The highest BCUT2D eigenvalue weighted by atomic mass is 35.5. The number of nitrogens with zero attached hydrogens (tertiary/aromatic N) is 1. The second kappa shape index (κ2) is 5.99. The van der Waals surface area contributed by atoms with Gasteiger partial charge in [-0.3, -0.25) is 0 Å². The van der Waals surface area contributed by atoms with Crippen molar-refractivity contribution in [2.75, 3.05) is 0 Å². The van der Waals surface area contributed by atoms with Crippen LogP contribution < -0.4 is 11.1 Å². The average molecular weight is 300 g/mol. The van der Waals surface area contributed by atoms with Crippen LogP contribution in [0.3, 0.4) is 0 Å². The number of halogens is 1. The molecule has 6 heteroatoms. The molecular weight excluding hydrogens is 278 g/mol. The lowest BCUT2D eigenvalue weighted by atomic mass is 9.86. The van der Waals surface area contributed by atoms with Crippen molar-refractivity contribution in [2.24, 2.45) is 10.9 Å². The first kappa shape index (κ1) is 16.8. The van der Waals surface area contributed by atoms with E-state index in [4.69, 9.17) is 22.5 Å². The minimum atomic E-state index is -0.868. The van der Waals surface area contributed by atoms with E-state index >= 15 is 0 Å². The molecule has 0 radical (unpaired) electrons. The maximum absolute atomic E-state index is 10.1. The van der Waals surface area contributed by atoms with Gasteiger partial charge in [-0.05, 0) is 39.3 Å². The molecule has 0 bridgehead atoms. The Morgan fingerprint density at radius 3 is 2.40 bits per heavy atom. The molecule has 1 rings (SSSR count). The summed E-state index contributed by atoms with van der Waals surface area (Å²) < 4.78 is 0. The Morgan fingerprint density at radius 1 is 1.35 bits per heavy atom. The first-order valence-corrected chi connectivity index (χ1v) is 6.70. The van der Waals surface area contributed by atoms with Gasteiger partial charge < -0.3 is 21.4 Å². The molecule has 1 aromatic carbocycles. The largest absolute Gasteiger partial charge is 0.409 e. The molecule has 0 fully saturated rings. The second-order valence-electron chi connectivity index (χ2n) is 5.83. The fourth-order valence-corrected chi connectivity index (χ4v) is 1.69. The van der Waals surface area contributed by atoms with Crippen LogP contribution in [0.4, 0.5) is 0 Å². The number of oxime groups is 1. The molecule has 112 valence electrons. The van der Waals surface area contributed by atoms with Gasteiger partial charge in [0, 0.05) is 22.7 Å². The average Bonchev–Trinajstić information content (AvgIpc) is 2.35. The second-order valence-corrected chi connectivity index (χ2v) is 6.24. The van der Waals surface area contributed by atoms with Crippen molar-refractivity contribution in [3.63, 3.8) is 0 Å². The van der Waals surface area contributed by atoms with Crippen LogP contribution >= 0.6 is 11.6 Å². The summed E-state index contributed by atoms with van der Waals surface area (Å²) >= 11 is 6.18. The fourth-order valence-electron chi connectivity index (χ4n) is 1.44. The molecule has 0 amide bonds. The number of rotatable bonds is 5. The van der Waals surface area contributed by atoms with Crippen LogP contribution in [0.2, 0.25) is 5.02 Å². The predicted molar refractivity (Wildman–Crippen MR) is 81.2 cm³/mol. The molecule has 20 heavy (non-hydrogen) atoms. The Balaban J connectivity index is 2.86. The fraction of sp³-hybridized carbons (Fsp3) is 0.500. The van der Waals surface area contributed by atoms with Crippen LogP contribution in [0.15, 0.2) is 23.4 Å². The quantitative estimate of drug-likeness (QED) is 0.290. The summed E-state index contributed by atoms with van der Waals surface area (Å²) in [5, 5.41) is 25.4. The van der Waals surface area contributed by atoms with Crippen molar-refractivity contribution < 1.29 is 10.3 Å². The Bertz CT molecular complexity index is 508. The molecule has 0 aliphatic heterocycles. The molecule has 5 nitrogen and oxygen atoms in total. The van der Waals surface area contributed by atoms with Crippen molar-refractivity contribution in [3.05, 3.63) is 34.3 Å². The van der Waals surface area contributed by atoms with Gasteiger partial charge in [0.2, 0.25) is 0 Å². The van der Waals surface area contributed by atoms with Crippen LogP contribution in [0.25, 0.3) is 0 Å². The molecule has 0 aromatic heterocycles. The first-order valence-electron chi connectivity index (χ1n) is 6.32. The van der Waals surface area contributed by atoms with Crippen molar-refractivity contribution in [1.29, 1.82) is 0 Å². The van der Waals surface area contributed by atoms with Crippen LogP contribution in [-0.2, 0) is 6.54 Å². The topological polar surface area (TPSA) is 90.9 Å². The normalized spacial score (nSPS) is 13.6. The Morgan fingerprint density at radius 2 is 1.95 bits per heavy atom. The molecule has 0 saturated heterocycles. The van der Waals surface area contributed by atoms with E-state index in [-0.39, 0.29) is 5.84 Å². The van der Waals surface area contributed by atoms with Gasteiger partial charge in [0.05, 0.1) is 5.60 Å². The summed E-state index contributed by atoms with van der Waals surface area (Å²) in [6, 6.07) is 5.18. The van der Waals surface area contributed by atoms with Gasteiger partial charge >= 0.3 is 0 Å². The Labute approximate surface area is 124 Å². The van der Waals surface area contributed by atoms with E-state index in [1.165, 1.54) is 0 Å². The van der Waals surface area contributed by atoms with E-state index in [1.54, 1.807) is 26.0 Å². The minimum absolute atomic E-state index is 0.0169. The van der Waals surface area contributed by atoms with Gasteiger partial charge in [-0.15, -0.1) is 0 Å². The Hall–Kier alpha value is -1.30. The standard InChI is InChI=1S/C14H22ClN3O2/c1-13(2,14(3,4)19)17-8-10-6-5-9(7-11(10)15)12(16)18-20/h5-7,17,19-20H,8H2,1-4H3,(H2,16,18).